The van der Waals surface area contributed by atoms with Crippen LogP contribution in [0.15, 0.2) is 36.7 Å². The molecule has 3 aromatic rings. The lowest BCUT2D eigenvalue weighted by atomic mass is 10.3. The third kappa shape index (κ3) is 3.45. The van der Waals surface area contributed by atoms with Gasteiger partial charge in [0.15, 0.2) is 0 Å². The largest absolute Gasteiger partial charge is 0.455 e. The Bertz CT molecular complexity index is 854. The molecule has 7 heteroatoms. The number of carbonyl (C=O) groups is 1. The van der Waals surface area contributed by atoms with Crippen molar-refractivity contribution in [2.75, 3.05) is 0 Å². The zero-order chi connectivity index (χ0) is 17.1. The molecule has 0 amide bonds. The second-order valence-corrected chi connectivity index (χ2v) is 5.42. The van der Waals surface area contributed by atoms with Crippen LogP contribution < -0.4 is 0 Å². The second-order valence-electron chi connectivity index (χ2n) is 5.42. The summed E-state index contributed by atoms with van der Waals surface area (Å²) in [5, 5.41) is 4.31. The van der Waals surface area contributed by atoms with Gasteiger partial charge >= 0.3 is 5.97 Å². The molecule has 0 aliphatic carbocycles. The molecule has 0 unspecified atom stereocenters. The van der Waals surface area contributed by atoms with Crippen molar-refractivity contribution in [2.24, 2.45) is 0 Å². The number of pyridine rings is 1. The van der Waals surface area contributed by atoms with E-state index in [4.69, 9.17) is 4.74 Å². The van der Waals surface area contributed by atoms with Crippen LogP contribution in [0.2, 0.25) is 0 Å². The van der Waals surface area contributed by atoms with Crippen LogP contribution in [0.25, 0.3) is 5.95 Å². The summed E-state index contributed by atoms with van der Waals surface area (Å²) in [5.41, 5.74) is 3.31. The van der Waals surface area contributed by atoms with E-state index in [1.54, 1.807) is 25.4 Å². The number of rotatable bonds is 4. The molecule has 0 saturated carbocycles. The van der Waals surface area contributed by atoms with Gasteiger partial charge in [0.2, 0.25) is 0 Å². The van der Waals surface area contributed by atoms with Gasteiger partial charge in [0.1, 0.15) is 12.2 Å². The van der Waals surface area contributed by atoms with Gasteiger partial charge in [-0.25, -0.2) is 19.4 Å². The molecule has 0 N–H and O–H groups in total. The zero-order valence-electron chi connectivity index (χ0n) is 13.7. The van der Waals surface area contributed by atoms with Crippen LogP contribution in [0, 0.1) is 20.8 Å². The quantitative estimate of drug-likeness (QED) is 0.685. The van der Waals surface area contributed by atoms with Crippen LogP contribution in [0.1, 0.15) is 33.1 Å². The maximum absolute atomic E-state index is 12.3. The Labute approximate surface area is 139 Å². The predicted molar refractivity (Wildman–Crippen MR) is 86.7 cm³/mol. The van der Waals surface area contributed by atoms with E-state index in [-0.39, 0.29) is 6.61 Å². The minimum atomic E-state index is -0.450. The van der Waals surface area contributed by atoms with Crippen molar-refractivity contribution in [2.45, 2.75) is 27.4 Å². The molecule has 3 aromatic heterocycles. The molecule has 3 rings (SSSR count). The highest BCUT2D eigenvalue weighted by Crippen LogP contribution is 2.12. The number of ether oxygens (including phenoxy) is 1. The highest BCUT2D eigenvalue weighted by molar-refractivity contribution is 5.90. The van der Waals surface area contributed by atoms with Gasteiger partial charge in [-0.2, -0.15) is 5.10 Å². The van der Waals surface area contributed by atoms with Gasteiger partial charge in [0, 0.05) is 23.8 Å². The normalized spacial score (nSPS) is 10.6. The van der Waals surface area contributed by atoms with E-state index < -0.39 is 5.97 Å². The third-order valence-corrected chi connectivity index (χ3v) is 3.37. The molecule has 7 nitrogen and oxygen atoms in total. The van der Waals surface area contributed by atoms with Crippen molar-refractivity contribution in [3.8, 4) is 5.95 Å². The van der Waals surface area contributed by atoms with Crippen LogP contribution >= 0.6 is 0 Å². The standard InChI is InChI=1S/C17H17N5O2/c1-11-8-12(2)20-17(19-11)22-9-15(13(3)21-22)16(23)24-10-14-6-4-5-7-18-14/h4-9H,10H2,1-3H3. The molecular weight excluding hydrogens is 306 g/mol. The van der Waals surface area contributed by atoms with E-state index in [0.29, 0.717) is 22.9 Å². The molecule has 0 saturated heterocycles. The van der Waals surface area contributed by atoms with Gasteiger partial charge in [0.25, 0.3) is 5.95 Å². The summed E-state index contributed by atoms with van der Waals surface area (Å²) in [4.78, 5) is 25.1. The van der Waals surface area contributed by atoms with Gasteiger partial charge in [0.05, 0.1) is 11.4 Å². The first-order valence-electron chi connectivity index (χ1n) is 7.49. The van der Waals surface area contributed by atoms with Crippen molar-refractivity contribution in [1.29, 1.82) is 0 Å². The van der Waals surface area contributed by atoms with Crippen LogP contribution in [-0.2, 0) is 11.3 Å². The van der Waals surface area contributed by atoms with E-state index in [1.165, 1.54) is 4.68 Å². The topological polar surface area (TPSA) is 82.8 Å². The number of hydrogen-bond acceptors (Lipinski definition) is 6. The molecule has 24 heavy (non-hydrogen) atoms. The number of aryl methyl sites for hydroxylation is 3. The fourth-order valence-corrected chi connectivity index (χ4v) is 2.27. The lowest BCUT2D eigenvalue weighted by molar-refractivity contribution is 0.0467. The minimum absolute atomic E-state index is 0.115. The van der Waals surface area contributed by atoms with E-state index in [9.17, 15) is 4.79 Å². The molecule has 3 heterocycles. The molecular formula is C17H17N5O2. The first kappa shape index (κ1) is 15.8. The maximum Gasteiger partial charge on any atom is 0.342 e. The van der Waals surface area contributed by atoms with Gasteiger partial charge in [-0.3, -0.25) is 4.98 Å². The van der Waals surface area contributed by atoms with Crippen LogP contribution in [0.3, 0.4) is 0 Å². The number of hydrogen-bond donors (Lipinski definition) is 0. The first-order chi connectivity index (χ1) is 11.5. The summed E-state index contributed by atoms with van der Waals surface area (Å²) in [6, 6.07) is 7.33. The Morgan fingerprint density at radius 1 is 1.17 bits per heavy atom. The Kier molecular flexibility index (Phi) is 4.33. The number of nitrogens with zero attached hydrogens (tertiary/aromatic N) is 5. The summed E-state index contributed by atoms with van der Waals surface area (Å²) in [6.45, 7) is 5.63. The van der Waals surface area contributed by atoms with Crippen molar-refractivity contribution in [3.63, 3.8) is 0 Å². The molecule has 122 valence electrons. The Morgan fingerprint density at radius 3 is 2.58 bits per heavy atom. The third-order valence-electron chi connectivity index (χ3n) is 3.37. The van der Waals surface area contributed by atoms with E-state index in [2.05, 4.69) is 20.1 Å². The monoisotopic (exact) mass is 323 g/mol. The van der Waals surface area contributed by atoms with Crippen LogP contribution in [0.5, 0.6) is 0 Å². The SMILES string of the molecule is Cc1cc(C)nc(-n2cc(C(=O)OCc3ccccn3)c(C)n2)n1. The van der Waals surface area contributed by atoms with Gasteiger partial charge < -0.3 is 4.74 Å². The minimum Gasteiger partial charge on any atom is -0.455 e. The van der Waals surface area contributed by atoms with Crippen molar-refractivity contribution in [3.05, 3.63) is 65.0 Å². The highest BCUT2D eigenvalue weighted by Gasteiger charge is 2.17. The Balaban J connectivity index is 1.79. The molecule has 0 spiro atoms. The van der Waals surface area contributed by atoms with Crippen molar-refractivity contribution in [1.82, 2.24) is 24.7 Å². The average molecular weight is 323 g/mol. The van der Waals surface area contributed by atoms with Crippen LogP contribution in [-0.4, -0.2) is 30.7 Å². The molecule has 0 aliphatic rings. The maximum atomic E-state index is 12.3. The molecule has 0 atom stereocenters. The molecule has 0 bridgehead atoms. The summed E-state index contributed by atoms with van der Waals surface area (Å²) >= 11 is 0. The Hall–Kier alpha value is -3.09. The molecule has 0 aliphatic heterocycles. The first-order valence-corrected chi connectivity index (χ1v) is 7.49. The molecule has 0 radical (unpaired) electrons. The highest BCUT2D eigenvalue weighted by atomic mass is 16.5. The predicted octanol–water partition coefficient (Wildman–Crippen LogP) is 2.34. The van der Waals surface area contributed by atoms with Crippen molar-refractivity contribution >= 4 is 5.97 Å². The van der Waals surface area contributed by atoms with Crippen LogP contribution in [0.4, 0.5) is 0 Å². The zero-order valence-corrected chi connectivity index (χ0v) is 13.7. The fourth-order valence-electron chi connectivity index (χ4n) is 2.27. The smallest absolute Gasteiger partial charge is 0.342 e. The summed E-state index contributed by atoms with van der Waals surface area (Å²) in [5.74, 6) is -0.0202. The summed E-state index contributed by atoms with van der Waals surface area (Å²) < 4.78 is 6.79. The fraction of sp³-hybridized carbons (Fsp3) is 0.235. The molecule has 0 aromatic carbocycles. The number of esters is 1. The van der Waals surface area contributed by atoms with Crippen molar-refractivity contribution < 1.29 is 9.53 Å². The van der Waals surface area contributed by atoms with E-state index in [0.717, 1.165) is 11.4 Å². The van der Waals surface area contributed by atoms with Gasteiger partial charge in [-0.05, 0) is 39.0 Å². The summed E-state index contributed by atoms with van der Waals surface area (Å²) in [6.07, 6.45) is 3.24. The lowest BCUT2D eigenvalue weighted by Gasteiger charge is -2.03. The lowest BCUT2D eigenvalue weighted by Crippen LogP contribution is -2.07. The average Bonchev–Trinajstić information content (AvgIpc) is 2.95. The second kappa shape index (κ2) is 6.57. The Morgan fingerprint density at radius 2 is 1.92 bits per heavy atom. The number of aromatic nitrogens is 5. The number of carbonyl (C=O) groups excluding carboxylic acids is 1. The van der Waals surface area contributed by atoms with E-state index in [1.807, 2.05) is 32.0 Å². The summed E-state index contributed by atoms with van der Waals surface area (Å²) in [7, 11) is 0. The molecule has 0 fully saturated rings. The van der Waals surface area contributed by atoms with E-state index >= 15 is 0 Å². The van der Waals surface area contributed by atoms with Gasteiger partial charge in [-0.1, -0.05) is 6.07 Å². The van der Waals surface area contributed by atoms with Gasteiger partial charge in [-0.15, -0.1) is 0 Å².